The third-order valence-corrected chi connectivity index (χ3v) is 5.10. The van der Waals surface area contributed by atoms with Gasteiger partial charge in [0, 0.05) is 19.3 Å². The lowest BCUT2D eigenvalue weighted by Gasteiger charge is -2.24. The van der Waals surface area contributed by atoms with Gasteiger partial charge in [0.1, 0.15) is 0 Å². The van der Waals surface area contributed by atoms with E-state index in [9.17, 15) is 0 Å². The number of hydrogen-bond donors (Lipinski definition) is 1. The molecule has 0 bridgehead atoms. The minimum absolute atomic E-state index is 0.741. The summed E-state index contributed by atoms with van der Waals surface area (Å²) in [6.45, 7) is 4.02. The van der Waals surface area contributed by atoms with Crippen molar-refractivity contribution in [2.45, 2.75) is 71.1 Å². The Kier molecular flexibility index (Phi) is 9.49. The van der Waals surface area contributed by atoms with Crippen LogP contribution in [-0.4, -0.2) is 33.8 Å². The molecule has 0 radical (unpaired) electrons. The van der Waals surface area contributed by atoms with Crippen molar-refractivity contribution in [1.82, 2.24) is 15.3 Å². The van der Waals surface area contributed by atoms with Gasteiger partial charge >= 0.3 is 0 Å². The number of pyridine rings is 1. The molecular formula is C20H32N4S. The third kappa shape index (κ3) is 7.95. The van der Waals surface area contributed by atoms with Crippen molar-refractivity contribution in [1.29, 1.82) is 0 Å². The van der Waals surface area contributed by atoms with Crippen LogP contribution in [0.1, 0.15) is 76.8 Å². The molecule has 4 nitrogen and oxygen atoms in total. The van der Waals surface area contributed by atoms with Gasteiger partial charge in [0.2, 0.25) is 0 Å². The molecule has 1 fully saturated rings. The van der Waals surface area contributed by atoms with Gasteiger partial charge < -0.3 is 4.90 Å². The average molecular weight is 361 g/mol. The van der Waals surface area contributed by atoms with Gasteiger partial charge in [0.15, 0.2) is 5.11 Å². The molecule has 0 atom stereocenters. The second-order valence-electron chi connectivity index (χ2n) is 6.85. The van der Waals surface area contributed by atoms with E-state index in [4.69, 9.17) is 12.2 Å². The van der Waals surface area contributed by atoms with Gasteiger partial charge in [-0.25, -0.2) is 0 Å². The molecule has 1 aromatic rings. The monoisotopic (exact) mass is 360 g/mol. The lowest BCUT2D eigenvalue weighted by Crippen LogP contribution is -2.39. The Balaban J connectivity index is 1.87. The van der Waals surface area contributed by atoms with Crippen molar-refractivity contribution < 1.29 is 0 Å². The van der Waals surface area contributed by atoms with Crippen molar-refractivity contribution in [3.63, 3.8) is 0 Å². The number of thiocarbonyl (C=S) groups is 1. The minimum Gasteiger partial charge on any atom is -0.348 e. The molecule has 1 aromatic heterocycles. The zero-order valence-corrected chi connectivity index (χ0v) is 16.4. The molecule has 1 aliphatic heterocycles. The van der Waals surface area contributed by atoms with Gasteiger partial charge in [0.25, 0.3) is 0 Å². The summed E-state index contributed by atoms with van der Waals surface area (Å²) in [4.78, 5) is 6.61. The van der Waals surface area contributed by atoms with Crippen LogP contribution >= 0.6 is 12.2 Å². The molecule has 5 heteroatoms. The summed E-state index contributed by atoms with van der Waals surface area (Å²) in [6, 6.07) is 5.84. The zero-order chi connectivity index (χ0) is 17.7. The standard InChI is InChI=1S/C20H32N4S/c1-18(19-14-10-11-15-21-19)22-23-20(25)24-16-12-8-6-4-2-3-5-7-9-13-17-24/h10-11,14-15H,2-9,12-13,16-17H2,1H3,(H,23,25)/b22-18+. The van der Waals surface area contributed by atoms with Crippen LogP contribution in [0.5, 0.6) is 0 Å². The molecule has 1 aliphatic rings. The smallest absolute Gasteiger partial charge is 0.189 e. The van der Waals surface area contributed by atoms with Crippen molar-refractivity contribution in [3.05, 3.63) is 30.1 Å². The van der Waals surface area contributed by atoms with Crippen LogP contribution in [0.2, 0.25) is 0 Å². The first-order valence-corrected chi connectivity index (χ1v) is 10.2. The predicted octanol–water partition coefficient (Wildman–Crippen LogP) is 4.90. The summed E-state index contributed by atoms with van der Waals surface area (Å²) in [6.07, 6.45) is 15.1. The van der Waals surface area contributed by atoms with Crippen molar-refractivity contribution in [2.24, 2.45) is 5.10 Å². The molecule has 138 valence electrons. The second-order valence-corrected chi connectivity index (χ2v) is 7.24. The van der Waals surface area contributed by atoms with Crippen LogP contribution in [0.15, 0.2) is 29.5 Å². The number of aromatic nitrogens is 1. The molecule has 0 aromatic carbocycles. The Labute approximate surface area is 158 Å². The van der Waals surface area contributed by atoms with Gasteiger partial charge in [-0.1, -0.05) is 57.4 Å². The van der Waals surface area contributed by atoms with Crippen molar-refractivity contribution >= 4 is 23.0 Å². The highest BCUT2D eigenvalue weighted by molar-refractivity contribution is 7.80. The predicted molar refractivity (Wildman–Crippen MR) is 110 cm³/mol. The topological polar surface area (TPSA) is 40.5 Å². The van der Waals surface area contributed by atoms with E-state index < -0.39 is 0 Å². The zero-order valence-electron chi connectivity index (χ0n) is 15.5. The lowest BCUT2D eigenvalue weighted by atomic mass is 10.1. The van der Waals surface area contributed by atoms with Gasteiger partial charge in [-0.2, -0.15) is 5.10 Å². The highest BCUT2D eigenvalue weighted by Crippen LogP contribution is 2.13. The van der Waals surface area contributed by atoms with Crippen molar-refractivity contribution in [2.75, 3.05) is 13.1 Å². The van der Waals surface area contributed by atoms with E-state index >= 15 is 0 Å². The van der Waals surface area contributed by atoms with Crippen LogP contribution in [0, 0.1) is 0 Å². The van der Waals surface area contributed by atoms with E-state index in [1.54, 1.807) is 6.20 Å². The normalized spacial score (nSPS) is 18.6. The van der Waals surface area contributed by atoms with Gasteiger partial charge in [-0.05, 0) is 44.1 Å². The molecular weight excluding hydrogens is 328 g/mol. The highest BCUT2D eigenvalue weighted by atomic mass is 32.1. The first-order valence-electron chi connectivity index (χ1n) is 9.78. The van der Waals surface area contributed by atoms with E-state index in [0.29, 0.717) is 0 Å². The summed E-state index contributed by atoms with van der Waals surface area (Å²) in [5, 5.41) is 5.18. The summed E-state index contributed by atoms with van der Waals surface area (Å²) in [7, 11) is 0. The first-order chi connectivity index (χ1) is 12.3. The summed E-state index contributed by atoms with van der Waals surface area (Å²) < 4.78 is 0. The molecule has 0 saturated carbocycles. The van der Waals surface area contributed by atoms with Crippen LogP contribution in [0.25, 0.3) is 0 Å². The number of nitrogens with zero attached hydrogens (tertiary/aromatic N) is 3. The lowest BCUT2D eigenvalue weighted by molar-refractivity contribution is 0.383. The van der Waals surface area contributed by atoms with E-state index in [0.717, 1.165) is 29.6 Å². The van der Waals surface area contributed by atoms with Crippen molar-refractivity contribution in [3.8, 4) is 0 Å². The van der Waals surface area contributed by atoms with E-state index in [1.807, 2.05) is 25.1 Å². The van der Waals surface area contributed by atoms with Crippen LogP contribution < -0.4 is 5.43 Å². The Morgan fingerprint density at radius 1 is 0.960 bits per heavy atom. The third-order valence-electron chi connectivity index (χ3n) is 4.75. The van der Waals surface area contributed by atoms with Gasteiger partial charge in [-0.15, -0.1) is 0 Å². The molecule has 25 heavy (non-hydrogen) atoms. The molecule has 2 rings (SSSR count). The molecule has 2 heterocycles. The maximum Gasteiger partial charge on any atom is 0.189 e. The maximum absolute atomic E-state index is 5.60. The van der Waals surface area contributed by atoms with E-state index in [2.05, 4.69) is 20.4 Å². The molecule has 0 unspecified atom stereocenters. The van der Waals surface area contributed by atoms with Gasteiger partial charge in [-0.3, -0.25) is 10.4 Å². The largest absolute Gasteiger partial charge is 0.348 e. The molecule has 1 N–H and O–H groups in total. The Morgan fingerprint density at radius 2 is 1.52 bits per heavy atom. The quantitative estimate of drug-likeness (QED) is 0.463. The minimum atomic E-state index is 0.741. The second kappa shape index (κ2) is 12.0. The first kappa shape index (κ1) is 19.8. The van der Waals surface area contributed by atoms with E-state index in [1.165, 1.54) is 64.2 Å². The highest BCUT2D eigenvalue weighted by Gasteiger charge is 2.09. The molecule has 0 spiro atoms. The molecule has 0 amide bonds. The summed E-state index contributed by atoms with van der Waals surface area (Å²) in [5.41, 5.74) is 4.81. The number of hydrogen-bond acceptors (Lipinski definition) is 3. The fourth-order valence-corrected chi connectivity index (χ4v) is 3.40. The Morgan fingerprint density at radius 3 is 2.04 bits per heavy atom. The van der Waals surface area contributed by atoms with Crippen LogP contribution in [0.4, 0.5) is 0 Å². The summed E-state index contributed by atoms with van der Waals surface area (Å²) in [5.74, 6) is 0. The maximum atomic E-state index is 5.60. The van der Waals surface area contributed by atoms with Crippen LogP contribution in [0.3, 0.4) is 0 Å². The number of nitrogens with one attached hydrogen (secondary N) is 1. The van der Waals surface area contributed by atoms with Crippen LogP contribution in [-0.2, 0) is 0 Å². The fourth-order valence-electron chi connectivity index (χ4n) is 3.17. The Hall–Kier alpha value is -1.49. The number of hydrazone groups is 1. The SMILES string of the molecule is C/C(=N\NC(=S)N1CCCCCCCCCCCC1)c1ccccn1. The molecule has 0 aliphatic carbocycles. The van der Waals surface area contributed by atoms with Gasteiger partial charge in [0.05, 0.1) is 11.4 Å². The summed E-state index contributed by atoms with van der Waals surface area (Å²) >= 11 is 5.60. The van der Waals surface area contributed by atoms with E-state index in [-0.39, 0.29) is 0 Å². The average Bonchev–Trinajstić information content (AvgIpc) is 2.67. The fraction of sp³-hybridized carbons (Fsp3) is 0.650. The number of rotatable bonds is 2. The molecule has 1 saturated heterocycles. The Bertz CT molecular complexity index is 516.